The van der Waals surface area contributed by atoms with Crippen molar-refractivity contribution in [1.29, 1.82) is 0 Å². The number of nitrogens with zero attached hydrogens (tertiary/aromatic N) is 2. The molecule has 0 aliphatic carbocycles. The van der Waals surface area contributed by atoms with Gasteiger partial charge in [0.1, 0.15) is 5.75 Å². The highest BCUT2D eigenvalue weighted by Crippen LogP contribution is 2.08. The molecular weight excluding hydrogens is 218 g/mol. The van der Waals surface area contributed by atoms with E-state index in [1.165, 1.54) is 0 Å². The monoisotopic (exact) mass is 233 g/mol. The van der Waals surface area contributed by atoms with E-state index in [1.54, 1.807) is 0 Å². The van der Waals surface area contributed by atoms with Crippen LogP contribution < -0.4 is 15.8 Å². The van der Waals surface area contributed by atoms with Crippen LogP contribution in [0.5, 0.6) is 5.75 Å². The number of H-pyrrole nitrogens is 1. The standard InChI is InChI=1S/C11H15N5O/c12-10-14-11(16-15-10)13-7-4-8-17-9-5-2-1-3-6-9/h1-3,5-6H,4,7-8H2,(H4,12,13,14,15,16). The Morgan fingerprint density at radius 2 is 2.12 bits per heavy atom. The molecule has 0 fully saturated rings. The van der Waals surface area contributed by atoms with Crippen LogP contribution in [-0.2, 0) is 0 Å². The zero-order valence-corrected chi connectivity index (χ0v) is 9.39. The van der Waals surface area contributed by atoms with Crippen molar-refractivity contribution in [2.75, 3.05) is 24.2 Å². The van der Waals surface area contributed by atoms with Crippen LogP contribution in [0.15, 0.2) is 30.3 Å². The van der Waals surface area contributed by atoms with Gasteiger partial charge in [0.2, 0.25) is 11.9 Å². The van der Waals surface area contributed by atoms with Gasteiger partial charge in [0, 0.05) is 6.54 Å². The predicted molar refractivity (Wildman–Crippen MR) is 65.8 cm³/mol. The molecule has 6 heteroatoms. The molecular formula is C11H15N5O. The SMILES string of the molecule is Nc1nc(NCCCOc2ccccc2)n[nH]1. The van der Waals surface area contributed by atoms with Gasteiger partial charge in [-0.1, -0.05) is 18.2 Å². The summed E-state index contributed by atoms with van der Waals surface area (Å²) in [5.74, 6) is 1.71. The van der Waals surface area contributed by atoms with E-state index in [4.69, 9.17) is 10.5 Å². The fraction of sp³-hybridized carbons (Fsp3) is 0.273. The van der Waals surface area contributed by atoms with E-state index < -0.39 is 0 Å². The first-order chi connectivity index (χ1) is 8.34. The maximum Gasteiger partial charge on any atom is 0.243 e. The number of anilines is 2. The van der Waals surface area contributed by atoms with Crippen molar-refractivity contribution in [3.8, 4) is 5.75 Å². The molecule has 0 aliphatic rings. The number of nitrogen functional groups attached to an aromatic ring is 1. The quantitative estimate of drug-likeness (QED) is 0.654. The Kier molecular flexibility index (Phi) is 3.80. The lowest BCUT2D eigenvalue weighted by Crippen LogP contribution is -2.08. The van der Waals surface area contributed by atoms with Crippen molar-refractivity contribution >= 4 is 11.9 Å². The number of hydrogen-bond donors (Lipinski definition) is 3. The van der Waals surface area contributed by atoms with Gasteiger partial charge in [-0.2, -0.15) is 4.98 Å². The highest BCUT2D eigenvalue weighted by molar-refractivity contribution is 5.29. The van der Waals surface area contributed by atoms with Gasteiger partial charge in [-0.3, -0.25) is 0 Å². The summed E-state index contributed by atoms with van der Waals surface area (Å²) in [6.45, 7) is 1.39. The zero-order chi connectivity index (χ0) is 11.9. The second-order valence-corrected chi connectivity index (χ2v) is 3.49. The number of nitrogens with one attached hydrogen (secondary N) is 2. The number of nitrogens with two attached hydrogens (primary N) is 1. The normalized spacial score (nSPS) is 10.1. The maximum absolute atomic E-state index is 5.54. The molecule has 17 heavy (non-hydrogen) atoms. The van der Waals surface area contributed by atoms with Crippen LogP contribution in [0.3, 0.4) is 0 Å². The Labute approximate surface area is 99.2 Å². The molecule has 1 aromatic heterocycles. The number of hydrogen-bond acceptors (Lipinski definition) is 5. The van der Waals surface area contributed by atoms with Crippen LogP contribution in [0.2, 0.25) is 0 Å². The van der Waals surface area contributed by atoms with Crippen LogP contribution in [0, 0.1) is 0 Å². The van der Waals surface area contributed by atoms with Crippen molar-refractivity contribution < 1.29 is 4.74 Å². The van der Waals surface area contributed by atoms with E-state index in [-0.39, 0.29) is 0 Å². The zero-order valence-electron chi connectivity index (χ0n) is 9.39. The van der Waals surface area contributed by atoms with E-state index in [1.807, 2.05) is 30.3 Å². The van der Waals surface area contributed by atoms with E-state index in [0.29, 0.717) is 18.5 Å². The molecule has 6 nitrogen and oxygen atoms in total. The lowest BCUT2D eigenvalue weighted by molar-refractivity contribution is 0.315. The Bertz CT molecular complexity index is 442. The first-order valence-corrected chi connectivity index (χ1v) is 5.44. The van der Waals surface area contributed by atoms with Crippen LogP contribution in [0.25, 0.3) is 0 Å². The number of ether oxygens (including phenoxy) is 1. The summed E-state index contributed by atoms with van der Waals surface area (Å²) in [4.78, 5) is 3.93. The molecule has 90 valence electrons. The molecule has 4 N–H and O–H groups in total. The minimum absolute atomic E-state index is 0.313. The first-order valence-electron chi connectivity index (χ1n) is 5.44. The molecule has 0 saturated carbocycles. The minimum Gasteiger partial charge on any atom is -0.494 e. The van der Waals surface area contributed by atoms with Crippen molar-refractivity contribution in [2.24, 2.45) is 0 Å². The topological polar surface area (TPSA) is 88.8 Å². The highest BCUT2D eigenvalue weighted by atomic mass is 16.5. The number of benzene rings is 1. The largest absolute Gasteiger partial charge is 0.494 e. The van der Waals surface area contributed by atoms with E-state index >= 15 is 0 Å². The van der Waals surface area contributed by atoms with Crippen molar-refractivity contribution in [3.05, 3.63) is 30.3 Å². The third-order valence-corrected chi connectivity index (χ3v) is 2.12. The first kappa shape index (κ1) is 11.3. The van der Waals surface area contributed by atoms with Gasteiger partial charge < -0.3 is 15.8 Å². The molecule has 0 spiro atoms. The Morgan fingerprint density at radius 3 is 2.82 bits per heavy atom. The van der Waals surface area contributed by atoms with E-state index in [2.05, 4.69) is 20.5 Å². The summed E-state index contributed by atoms with van der Waals surface area (Å²) in [6.07, 6.45) is 0.864. The van der Waals surface area contributed by atoms with Gasteiger partial charge in [-0.15, -0.1) is 5.10 Å². The van der Waals surface area contributed by atoms with Crippen LogP contribution in [0.1, 0.15) is 6.42 Å². The van der Waals surface area contributed by atoms with Gasteiger partial charge in [0.25, 0.3) is 0 Å². The van der Waals surface area contributed by atoms with Crippen LogP contribution >= 0.6 is 0 Å². The second-order valence-electron chi connectivity index (χ2n) is 3.49. The molecule has 0 atom stereocenters. The molecule has 0 aliphatic heterocycles. The average molecular weight is 233 g/mol. The Hall–Kier alpha value is -2.24. The molecule has 0 unspecified atom stereocenters. The number of para-hydroxylation sites is 1. The van der Waals surface area contributed by atoms with Gasteiger partial charge in [0.15, 0.2) is 0 Å². The fourth-order valence-corrected chi connectivity index (χ4v) is 1.33. The molecule has 1 heterocycles. The lowest BCUT2D eigenvalue weighted by Gasteiger charge is -2.05. The molecule has 1 aromatic carbocycles. The number of rotatable bonds is 6. The van der Waals surface area contributed by atoms with Gasteiger partial charge in [-0.05, 0) is 18.6 Å². The van der Waals surface area contributed by atoms with Gasteiger partial charge in [0.05, 0.1) is 6.61 Å². The molecule has 0 amide bonds. The van der Waals surface area contributed by atoms with Gasteiger partial charge in [-0.25, -0.2) is 5.10 Å². The number of aromatic nitrogens is 3. The summed E-state index contributed by atoms with van der Waals surface area (Å²) in [5, 5.41) is 9.46. The summed E-state index contributed by atoms with van der Waals surface area (Å²) < 4.78 is 5.54. The van der Waals surface area contributed by atoms with Crippen molar-refractivity contribution in [3.63, 3.8) is 0 Å². The van der Waals surface area contributed by atoms with Crippen LogP contribution in [0.4, 0.5) is 11.9 Å². The summed E-state index contributed by atoms with van der Waals surface area (Å²) in [5.41, 5.74) is 5.39. The Morgan fingerprint density at radius 1 is 1.29 bits per heavy atom. The molecule has 2 rings (SSSR count). The Balaban J connectivity index is 1.61. The summed E-state index contributed by atoms with van der Waals surface area (Å²) in [6, 6.07) is 9.73. The van der Waals surface area contributed by atoms with E-state index in [9.17, 15) is 0 Å². The maximum atomic E-state index is 5.54. The predicted octanol–water partition coefficient (Wildman–Crippen LogP) is 1.27. The smallest absolute Gasteiger partial charge is 0.243 e. The summed E-state index contributed by atoms with van der Waals surface area (Å²) in [7, 11) is 0. The molecule has 0 radical (unpaired) electrons. The average Bonchev–Trinajstić information content (AvgIpc) is 2.76. The third-order valence-electron chi connectivity index (χ3n) is 2.12. The lowest BCUT2D eigenvalue weighted by atomic mass is 10.3. The number of aromatic amines is 1. The molecule has 0 saturated heterocycles. The van der Waals surface area contributed by atoms with E-state index in [0.717, 1.165) is 18.7 Å². The van der Waals surface area contributed by atoms with Gasteiger partial charge >= 0.3 is 0 Å². The van der Waals surface area contributed by atoms with Crippen LogP contribution in [-0.4, -0.2) is 28.3 Å². The molecule has 2 aromatic rings. The third kappa shape index (κ3) is 3.67. The molecule has 0 bridgehead atoms. The van der Waals surface area contributed by atoms with Crippen molar-refractivity contribution in [1.82, 2.24) is 15.2 Å². The fourth-order valence-electron chi connectivity index (χ4n) is 1.33. The highest BCUT2D eigenvalue weighted by Gasteiger charge is 1.98. The van der Waals surface area contributed by atoms with Crippen molar-refractivity contribution in [2.45, 2.75) is 6.42 Å². The summed E-state index contributed by atoms with van der Waals surface area (Å²) >= 11 is 0. The second kappa shape index (κ2) is 5.74. The minimum atomic E-state index is 0.313.